The number of ether oxygens (including phenoxy) is 2. The molecular weight excluding hydrogens is 266 g/mol. The molecule has 1 aliphatic rings. The lowest BCUT2D eigenvalue weighted by Crippen LogP contribution is -2.51. The highest BCUT2D eigenvalue weighted by Crippen LogP contribution is 2.26. The Morgan fingerprint density at radius 1 is 1.33 bits per heavy atom. The van der Waals surface area contributed by atoms with E-state index in [9.17, 15) is 4.79 Å². The number of rotatable bonds is 9. The van der Waals surface area contributed by atoms with E-state index in [1.165, 1.54) is 12.8 Å². The lowest BCUT2D eigenvalue weighted by molar-refractivity contribution is -0.151. The van der Waals surface area contributed by atoms with E-state index in [0.717, 1.165) is 31.7 Å². The molecule has 4 heteroatoms. The molecule has 4 nitrogen and oxygen atoms in total. The molecule has 0 radical (unpaired) electrons. The Hall–Kier alpha value is -0.610. The molecule has 0 aromatic heterocycles. The third kappa shape index (κ3) is 6.35. The number of hydrogen-bond donors (Lipinski definition) is 1. The van der Waals surface area contributed by atoms with Crippen LogP contribution in [0.1, 0.15) is 66.2 Å². The van der Waals surface area contributed by atoms with E-state index in [0.29, 0.717) is 25.7 Å². The molecule has 21 heavy (non-hydrogen) atoms. The highest BCUT2D eigenvalue weighted by Gasteiger charge is 2.34. The van der Waals surface area contributed by atoms with E-state index < -0.39 is 5.54 Å². The Balaban J connectivity index is 2.42. The summed E-state index contributed by atoms with van der Waals surface area (Å²) in [5.74, 6) is 0.595. The average Bonchev–Trinajstić information content (AvgIpc) is 2.45. The minimum atomic E-state index is -0.633. The lowest BCUT2D eigenvalue weighted by Gasteiger charge is -2.31. The Labute approximate surface area is 130 Å². The Morgan fingerprint density at radius 3 is 2.71 bits per heavy atom. The number of esters is 1. The molecule has 1 fully saturated rings. The standard InChI is InChI=1S/C17H33NO3/c1-5-11-18-17(4,16(19)20-6-2)10-12-21-15-9-7-8-14(3)13-15/h14-15,18H,5-13H2,1-4H3. The van der Waals surface area contributed by atoms with Crippen LogP contribution in [0.15, 0.2) is 0 Å². The van der Waals surface area contributed by atoms with Crippen LogP contribution in [-0.4, -0.2) is 37.4 Å². The van der Waals surface area contributed by atoms with Gasteiger partial charge in [-0.15, -0.1) is 0 Å². The molecule has 124 valence electrons. The zero-order valence-corrected chi connectivity index (χ0v) is 14.2. The van der Waals surface area contributed by atoms with Crippen LogP contribution in [0.2, 0.25) is 0 Å². The van der Waals surface area contributed by atoms with E-state index in [1.54, 1.807) is 0 Å². The van der Waals surface area contributed by atoms with Crippen LogP contribution in [0, 0.1) is 5.92 Å². The van der Waals surface area contributed by atoms with Crippen molar-refractivity contribution in [3.8, 4) is 0 Å². The van der Waals surface area contributed by atoms with Gasteiger partial charge in [-0.25, -0.2) is 0 Å². The maximum Gasteiger partial charge on any atom is 0.326 e. The van der Waals surface area contributed by atoms with Gasteiger partial charge in [-0.2, -0.15) is 0 Å². The molecule has 0 saturated heterocycles. The van der Waals surface area contributed by atoms with E-state index in [-0.39, 0.29) is 5.97 Å². The van der Waals surface area contributed by atoms with Gasteiger partial charge in [0.05, 0.1) is 12.7 Å². The molecule has 0 aliphatic heterocycles. The molecule has 3 unspecified atom stereocenters. The van der Waals surface area contributed by atoms with Gasteiger partial charge in [0.25, 0.3) is 0 Å². The highest BCUT2D eigenvalue weighted by molar-refractivity contribution is 5.80. The summed E-state index contributed by atoms with van der Waals surface area (Å²) in [5, 5.41) is 3.32. The van der Waals surface area contributed by atoms with Crippen molar-refractivity contribution in [2.45, 2.75) is 77.9 Å². The van der Waals surface area contributed by atoms with Crippen LogP contribution >= 0.6 is 0 Å². The van der Waals surface area contributed by atoms with Gasteiger partial charge in [0.15, 0.2) is 0 Å². The average molecular weight is 299 g/mol. The van der Waals surface area contributed by atoms with Crippen molar-refractivity contribution in [2.24, 2.45) is 5.92 Å². The molecule has 1 N–H and O–H groups in total. The largest absolute Gasteiger partial charge is 0.465 e. The first-order valence-electron chi connectivity index (χ1n) is 8.55. The van der Waals surface area contributed by atoms with E-state index in [4.69, 9.17) is 9.47 Å². The van der Waals surface area contributed by atoms with Gasteiger partial charge in [0.1, 0.15) is 5.54 Å². The molecule has 0 aromatic rings. The lowest BCUT2D eigenvalue weighted by atomic mass is 9.88. The predicted octanol–water partition coefficient (Wildman–Crippen LogP) is 3.29. The molecule has 1 rings (SSSR count). The molecule has 3 atom stereocenters. The van der Waals surface area contributed by atoms with Crippen LogP contribution in [0.5, 0.6) is 0 Å². The fraction of sp³-hybridized carbons (Fsp3) is 0.941. The van der Waals surface area contributed by atoms with Crippen molar-refractivity contribution in [1.29, 1.82) is 0 Å². The summed E-state index contributed by atoms with van der Waals surface area (Å²) >= 11 is 0. The van der Waals surface area contributed by atoms with Crippen molar-refractivity contribution in [1.82, 2.24) is 5.32 Å². The maximum atomic E-state index is 12.2. The number of carbonyl (C=O) groups excluding carboxylic acids is 1. The SMILES string of the molecule is CCCNC(C)(CCOC1CCCC(C)C1)C(=O)OCC. The van der Waals surface area contributed by atoms with E-state index >= 15 is 0 Å². The Kier molecular flexibility index (Phi) is 8.27. The van der Waals surface area contributed by atoms with Crippen molar-refractivity contribution < 1.29 is 14.3 Å². The molecule has 0 bridgehead atoms. The monoisotopic (exact) mass is 299 g/mol. The summed E-state index contributed by atoms with van der Waals surface area (Å²) in [5.41, 5.74) is -0.633. The summed E-state index contributed by atoms with van der Waals surface area (Å²) in [7, 11) is 0. The third-order valence-corrected chi connectivity index (χ3v) is 4.34. The highest BCUT2D eigenvalue weighted by atomic mass is 16.5. The minimum absolute atomic E-state index is 0.168. The van der Waals surface area contributed by atoms with Crippen LogP contribution in [-0.2, 0) is 14.3 Å². The molecule has 0 aromatic carbocycles. The van der Waals surface area contributed by atoms with Crippen molar-refractivity contribution in [3.05, 3.63) is 0 Å². The zero-order chi connectivity index (χ0) is 15.7. The Bertz CT molecular complexity index is 308. The normalized spacial score (nSPS) is 25.3. The number of nitrogens with one attached hydrogen (secondary N) is 1. The second kappa shape index (κ2) is 9.42. The van der Waals surface area contributed by atoms with Gasteiger partial charge in [0, 0.05) is 6.61 Å². The first-order chi connectivity index (χ1) is 10.0. The molecular formula is C17H33NO3. The fourth-order valence-corrected chi connectivity index (χ4v) is 2.91. The first-order valence-corrected chi connectivity index (χ1v) is 8.55. The quantitative estimate of drug-likeness (QED) is 0.664. The molecule has 0 amide bonds. The summed E-state index contributed by atoms with van der Waals surface area (Å²) in [6.07, 6.45) is 6.91. The van der Waals surface area contributed by atoms with Gasteiger partial charge < -0.3 is 14.8 Å². The van der Waals surface area contributed by atoms with Gasteiger partial charge in [-0.1, -0.05) is 26.7 Å². The van der Waals surface area contributed by atoms with Gasteiger partial charge >= 0.3 is 5.97 Å². The van der Waals surface area contributed by atoms with Crippen LogP contribution < -0.4 is 5.32 Å². The third-order valence-electron chi connectivity index (χ3n) is 4.34. The van der Waals surface area contributed by atoms with Crippen LogP contribution in [0.25, 0.3) is 0 Å². The smallest absolute Gasteiger partial charge is 0.326 e. The second-order valence-electron chi connectivity index (χ2n) is 6.49. The summed E-state index contributed by atoms with van der Waals surface area (Å²) in [4.78, 5) is 12.2. The fourth-order valence-electron chi connectivity index (χ4n) is 2.91. The summed E-state index contributed by atoms with van der Waals surface area (Å²) in [6, 6.07) is 0. The van der Waals surface area contributed by atoms with Crippen molar-refractivity contribution >= 4 is 5.97 Å². The number of hydrogen-bond acceptors (Lipinski definition) is 4. The first kappa shape index (κ1) is 18.4. The number of carbonyl (C=O) groups is 1. The second-order valence-corrected chi connectivity index (χ2v) is 6.49. The van der Waals surface area contributed by atoms with E-state index in [1.807, 2.05) is 13.8 Å². The van der Waals surface area contributed by atoms with Gasteiger partial charge in [-0.3, -0.25) is 4.79 Å². The van der Waals surface area contributed by atoms with Gasteiger partial charge in [-0.05, 0) is 52.0 Å². The molecule has 0 heterocycles. The summed E-state index contributed by atoms with van der Waals surface area (Å²) in [6.45, 7) is 10.0. The van der Waals surface area contributed by atoms with Crippen molar-refractivity contribution in [2.75, 3.05) is 19.8 Å². The van der Waals surface area contributed by atoms with Gasteiger partial charge in [0.2, 0.25) is 0 Å². The molecule has 1 saturated carbocycles. The minimum Gasteiger partial charge on any atom is -0.465 e. The maximum absolute atomic E-state index is 12.2. The molecule has 1 aliphatic carbocycles. The van der Waals surface area contributed by atoms with Crippen LogP contribution in [0.4, 0.5) is 0 Å². The topological polar surface area (TPSA) is 47.6 Å². The molecule has 0 spiro atoms. The van der Waals surface area contributed by atoms with E-state index in [2.05, 4.69) is 19.2 Å². The zero-order valence-electron chi connectivity index (χ0n) is 14.2. The van der Waals surface area contributed by atoms with Crippen molar-refractivity contribution in [3.63, 3.8) is 0 Å². The summed E-state index contributed by atoms with van der Waals surface area (Å²) < 4.78 is 11.2. The Morgan fingerprint density at radius 2 is 2.10 bits per heavy atom. The van der Waals surface area contributed by atoms with Crippen LogP contribution in [0.3, 0.4) is 0 Å². The predicted molar refractivity (Wildman–Crippen MR) is 85.3 cm³/mol.